The first-order valence-corrected chi connectivity index (χ1v) is 7.09. The molecule has 0 unspecified atom stereocenters. The van der Waals surface area contributed by atoms with Crippen molar-refractivity contribution in [1.82, 2.24) is 10.2 Å². The van der Waals surface area contributed by atoms with E-state index in [1.165, 1.54) is 4.90 Å². The predicted molar refractivity (Wildman–Crippen MR) is 80.4 cm³/mol. The van der Waals surface area contributed by atoms with Gasteiger partial charge in [0, 0.05) is 18.1 Å². The molecule has 0 bridgehead atoms. The third-order valence-electron chi connectivity index (χ3n) is 2.87. The minimum Gasteiger partial charge on any atom is -0.480 e. The van der Waals surface area contributed by atoms with Crippen molar-refractivity contribution in [3.63, 3.8) is 0 Å². The lowest BCUT2D eigenvalue weighted by Crippen LogP contribution is -2.48. The van der Waals surface area contributed by atoms with Gasteiger partial charge in [-0.1, -0.05) is 41.9 Å². The Morgan fingerprint density at radius 1 is 1.40 bits per heavy atom. The Bertz CT molecular complexity index is 491. The van der Waals surface area contributed by atoms with E-state index in [0.29, 0.717) is 6.54 Å². The first kappa shape index (κ1) is 16.5. The molecule has 0 saturated carbocycles. The van der Waals surface area contributed by atoms with E-state index in [0.717, 1.165) is 10.0 Å². The van der Waals surface area contributed by atoms with Crippen LogP contribution in [-0.2, 0) is 11.3 Å². The number of nitrogens with zero attached hydrogens (tertiary/aromatic N) is 1. The van der Waals surface area contributed by atoms with Crippen LogP contribution in [0, 0.1) is 5.92 Å². The number of halogens is 1. The van der Waals surface area contributed by atoms with Crippen LogP contribution in [0.2, 0.25) is 0 Å². The van der Waals surface area contributed by atoms with Gasteiger partial charge in [-0.15, -0.1) is 0 Å². The second-order valence-corrected chi connectivity index (χ2v) is 5.91. The van der Waals surface area contributed by atoms with Gasteiger partial charge in [-0.2, -0.15) is 0 Å². The van der Waals surface area contributed by atoms with Crippen molar-refractivity contribution in [2.24, 2.45) is 5.92 Å². The number of carboxylic acids is 1. The molecule has 5 nitrogen and oxygen atoms in total. The molecule has 6 heteroatoms. The summed E-state index contributed by atoms with van der Waals surface area (Å²) < 4.78 is 0.939. The molecule has 0 saturated heterocycles. The molecule has 0 aliphatic carbocycles. The van der Waals surface area contributed by atoms with Crippen LogP contribution in [0.15, 0.2) is 28.7 Å². The highest BCUT2D eigenvalue weighted by Gasteiger charge is 2.24. The molecular formula is C14H19BrN2O3. The van der Waals surface area contributed by atoms with E-state index in [9.17, 15) is 9.59 Å². The van der Waals surface area contributed by atoms with E-state index < -0.39 is 18.0 Å². The summed E-state index contributed by atoms with van der Waals surface area (Å²) in [7, 11) is 1.63. The number of carbonyl (C=O) groups excluding carboxylic acids is 1. The van der Waals surface area contributed by atoms with E-state index in [-0.39, 0.29) is 5.92 Å². The standard InChI is InChI=1S/C14H19BrN2O3/c1-9(2)12(13(18)19)16-14(20)17(3)8-10-5-4-6-11(15)7-10/h4-7,9,12H,8H2,1-3H3,(H,16,20)(H,18,19)/t12-/m1/s1. The Labute approximate surface area is 127 Å². The van der Waals surface area contributed by atoms with Crippen LogP contribution < -0.4 is 5.32 Å². The highest BCUT2D eigenvalue weighted by molar-refractivity contribution is 9.10. The van der Waals surface area contributed by atoms with Crippen LogP contribution in [0.5, 0.6) is 0 Å². The molecule has 0 radical (unpaired) electrons. The molecule has 0 spiro atoms. The number of aliphatic carboxylic acids is 1. The second kappa shape index (κ2) is 7.28. The summed E-state index contributed by atoms with van der Waals surface area (Å²) >= 11 is 3.37. The van der Waals surface area contributed by atoms with Crippen molar-refractivity contribution in [3.05, 3.63) is 34.3 Å². The number of amides is 2. The van der Waals surface area contributed by atoms with E-state index in [2.05, 4.69) is 21.2 Å². The zero-order valence-corrected chi connectivity index (χ0v) is 13.3. The van der Waals surface area contributed by atoms with Crippen LogP contribution in [0.1, 0.15) is 19.4 Å². The van der Waals surface area contributed by atoms with Crippen molar-refractivity contribution in [1.29, 1.82) is 0 Å². The summed E-state index contributed by atoms with van der Waals surface area (Å²) in [6.07, 6.45) is 0. The van der Waals surface area contributed by atoms with Crippen LogP contribution in [0.4, 0.5) is 4.79 Å². The minimum atomic E-state index is -1.02. The Kier molecular flexibility index (Phi) is 6.01. The molecule has 1 rings (SSSR count). The van der Waals surface area contributed by atoms with Gasteiger partial charge in [0.2, 0.25) is 0 Å². The van der Waals surface area contributed by atoms with Gasteiger partial charge in [0.15, 0.2) is 0 Å². The summed E-state index contributed by atoms with van der Waals surface area (Å²) in [5.74, 6) is -1.19. The molecule has 2 amide bonds. The third kappa shape index (κ3) is 4.85. The second-order valence-electron chi connectivity index (χ2n) is 5.00. The van der Waals surface area contributed by atoms with Gasteiger partial charge in [0.25, 0.3) is 0 Å². The molecule has 2 N–H and O–H groups in total. The van der Waals surface area contributed by atoms with Crippen LogP contribution >= 0.6 is 15.9 Å². The molecule has 1 atom stereocenters. The summed E-state index contributed by atoms with van der Waals surface area (Å²) in [5.41, 5.74) is 0.966. The number of carboxylic acid groups (broad SMARTS) is 1. The maximum atomic E-state index is 12.0. The van der Waals surface area contributed by atoms with E-state index in [1.807, 2.05) is 24.3 Å². The molecule has 1 aromatic rings. The Hall–Kier alpha value is -1.56. The van der Waals surface area contributed by atoms with Gasteiger partial charge in [-0.05, 0) is 23.6 Å². The van der Waals surface area contributed by atoms with Gasteiger partial charge in [0.05, 0.1) is 0 Å². The fourth-order valence-corrected chi connectivity index (χ4v) is 2.18. The SMILES string of the molecule is CC(C)[C@@H](NC(=O)N(C)Cc1cccc(Br)c1)C(=O)O. The maximum Gasteiger partial charge on any atom is 0.326 e. The lowest BCUT2D eigenvalue weighted by Gasteiger charge is -2.23. The Morgan fingerprint density at radius 2 is 2.05 bits per heavy atom. The molecule has 0 fully saturated rings. The van der Waals surface area contributed by atoms with Crippen LogP contribution in [0.25, 0.3) is 0 Å². The number of hydrogen-bond acceptors (Lipinski definition) is 2. The average molecular weight is 343 g/mol. The quantitative estimate of drug-likeness (QED) is 0.864. The number of rotatable bonds is 5. The van der Waals surface area contributed by atoms with Crippen molar-refractivity contribution in [2.45, 2.75) is 26.4 Å². The number of carbonyl (C=O) groups is 2. The Balaban J connectivity index is 2.65. The summed E-state index contributed by atoms with van der Waals surface area (Å²) in [4.78, 5) is 24.5. The van der Waals surface area contributed by atoms with Crippen LogP contribution in [-0.4, -0.2) is 35.1 Å². The highest BCUT2D eigenvalue weighted by atomic mass is 79.9. The van der Waals surface area contributed by atoms with Crippen molar-refractivity contribution in [2.75, 3.05) is 7.05 Å². The largest absolute Gasteiger partial charge is 0.480 e. The molecule has 0 aliphatic heterocycles. The zero-order chi connectivity index (χ0) is 15.3. The first-order chi connectivity index (χ1) is 9.31. The van der Waals surface area contributed by atoms with Crippen molar-refractivity contribution >= 4 is 27.9 Å². The fraction of sp³-hybridized carbons (Fsp3) is 0.429. The van der Waals surface area contributed by atoms with Crippen molar-refractivity contribution < 1.29 is 14.7 Å². The lowest BCUT2D eigenvalue weighted by molar-refractivity contribution is -0.140. The summed E-state index contributed by atoms with van der Waals surface area (Å²) in [5, 5.41) is 11.6. The lowest BCUT2D eigenvalue weighted by atomic mass is 10.1. The number of hydrogen-bond donors (Lipinski definition) is 2. The predicted octanol–water partition coefficient (Wildman–Crippen LogP) is 2.70. The van der Waals surface area contributed by atoms with Crippen molar-refractivity contribution in [3.8, 4) is 0 Å². The summed E-state index contributed by atoms with van der Waals surface area (Å²) in [6.45, 7) is 3.93. The summed E-state index contributed by atoms with van der Waals surface area (Å²) in [6, 6.07) is 6.34. The van der Waals surface area contributed by atoms with Crippen LogP contribution in [0.3, 0.4) is 0 Å². The molecule has 0 heterocycles. The minimum absolute atomic E-state index is 0.171. The van der Waals surface area contributed by atoms with E-state index in [1.54, 1.807) is 20.9 Å². The fourth-order valence-electron chi connectivity index (χ4n) is 1.74. The molecule has 20 heavy (non-hydrogen) atoms. The number of urea groups is 1. The number of nitrogens with one attached hydrogen (secondary N) is 1. The zero-order valence-electron chi connectivity index (χ0n) is 11.8. The van der Waals surface area contributed by atoms with Gasteiger partial charge in [-0.25, -0.2) is 9.59 Å². The average Bonchev–Trinajstić information content (AvgIpc) is 2.34. The molecular weight excluding hydrogens is 324 g/mol. The molecule has 110 valence electrons. The first-order valence-electron chi connectivity index (χ1n) is 6.30. The van der Waals surface area contributed by atoms with Gasteiger partial charge < -0.3 is 15.3 Å². The van der Waals surface area contributed by atoms with E-state index >= 15 is 0 Å². The molecule has 1 aromatic carbocycles. The normalized spacial score (nSPS) is 12.1. The Morgan fingerprint density at radius 3 is 2.55 bits per heavy atom. The maximum absolute atomic E-state index is 12.0. The van der Waals surface area contributed by atoms with Gasteiger partial charge in [-0.3, -0.25) is 0 Å². The van der Waals surface area contributed by atoms with Gasteiger partial charge >= 0.3 is 12.0 Å². The molecule has 0 aliphatic rings. The smallest absolute Gasteiger partial charge is 0.326 e. The molecule has 0 aromatic heterocycles. The highest BCUT2D eigenvalue weighted by Crippen LogP contribution is 2.13. The third-order valence-corrected chi connectivity index (χ3v) is 3.36. The topological polar surface area (TPSA) is 69.6 Å². The monoisotopic (exact) mass is 342 g/mol. The number of benzene rings is 1. The van der Waals surface area contributed by atoms with E-state index in [4.69, 9.17) is 5.11 Å². The van der Waals surface area contributed by atoms with Gasteiger partial charge in [0.1, 0.15) is 6.04 Å².